The summed E-state index contributed by atoms with van der Waals surface area (Å²) < 4.78 is 38.0. The number of halogens is 3. The Labute approximate surface area is 163 Å². The average Bonchev–Trinajstić information content (AvgIpc) is 3.23. The number of alkyl halides is 3. The number of thioether (sulfide) groups is 1. The highest BCUT2D eigenvalue weighted by Crippen LogP contribution is 2.30. The number of anilines is 1. The first-order valence-electron chi connectivity index (χ1n) is 9.85. The zero-order chi connectivity index (χ0) is 18.9. The van der Waals surface area contributed by atoms with E-state index in [4.69, 9.17) is 0 Å². The van der Waals surface area contributed by atoms with E-state index in [2.05, 4.69) is 31.4 Å². The van der Waals surface area contributed by atoms with Gasteiger partial charge in [0.15, 0.2) is 0 Å². The van der Waals surface area contributed by atoms with Crippen LogP contribution in [0.5, 0.6) is 0 Å². The summed E-state index contributed by atoms with van der Waals surface area (Å²) in [6.45, 7) is 6.00. The summed E-state index contributed by atoms with van der Waals surface area (Å²) >= 11 is 2.08. The van der Waals surface area contributed by atoms with Gasteiger partial charge in [0.25, 0.3) is 0 Å². The topological polar surface area (TPSA) is 22.6 Å². The minimum absolute atomic E-state index is 0.649. The highest BCUT2D eigenvalue weighted by molar-refractivity contribution is 7.99. The van der Waals surface area contributed by atoms with Crippen LogP contribution in [-0.2, 0) is 6.18 Å². The van der Waals surface area contributed by atoms with Gasteiger partial charge in [-0.05, 0) is 50.2 Å². The van der Waals surface area contributed by atoms with Crippen molar-refractivity contribution in [2.75, 3.05) is 55.7 Å². The van der Waals surface area contributed by atoms with Crippen LogP contribution in [0.25, 0.3) is 0 Å². The fourth-order valence-corrected chi connectivity index (χ4v) is 5.74. The first-order valence-corrected chi connectivity index (χ1v) is 11.0. The smallest absolute Gasteiger partial charge is 0.354 e. The lowest BCUT2D eigenvalue weighted by molar-refractivity contribution is -0.137. The number of aromatic nitrogens is 1. The molecule has 0 bridgehead atoms. The van der Waals surface area contributed by atoms with Crippen molar-refractivity contribution in [1.82, 2.24) is 14.8 Å². The molecule has 4 nitrogen and oxygen atoms in total. The molecule has 3 saturated heterocycles. The van der Waals surface area contributed by atoms with E-state index in [0.29, 0.717) is 11.9 Å². The van der Waals surface area contributed by atoms with Gasteiger partial charge < -0.3 is 4.90 Å². The van der Waals surface area contributed by atoms with Crippen molar-refractivity contribution >= 4 is 17.6 Å². The van der Waals surface area contributed by atoms with Crippen molar-refractivity contribution < 1.29 is 13.2 Å². The SMILES string of the molecule is FC(F)(F)c1ccc(N2CCN(C3CCN([C@@H]4CCSC4)CC3)CC2)nc1. The average molecular weight is 401 g/mol. The molecule has 3 fully saturated rings. The lowest BCUT2D eigenvalue weighted by atomic mass is 10.0. The molecule has 1 aromatic rings. The van der Waals surface area contributed by atoms with Crippen LogP contribution in [-0.4, -0.2) is 77.6 Å². The Balaban J connectivity index is 1.25. The molecule has 0 aromatic carbocycles. The third-order valence-corrected chi connectivity index (χ3v) is 7.30. The Hall–Kier alpha value is -0.990. The second kappa shape index (κ2) is 8.17. The van der Waals surface area contributed by atoms with Crippen LogP contribution in [0.4, 0.5) is 19.0 Å². The van der Waals surface area contributed by atoms with Crippen molar-refractivity contribution in [2.24, 2.45) is 0 Å². The first kappa shape index (κ1) is 19.3. The molecule has 0 N–H and O–H groups in total. The maximum atomic E-state index is 12.7. The number of hydrogen-bond acceptors (Lipinski definition) is 5. The lowest BCUT2D eigenvalue weighted by Gasteiger charge is -2.44. The largest absolute Gasteiger partial charge is 0.417 e. The Bertz CT molecular complexity index is 602. The van der Waals surface area contributed by atoms with Crippen LogP contribution in [0, 0.1) is 0 Å². The maximum Gasteiger partial charge on any atom is 0.417 e. The standard InChI is InChI=1S/C19H27F3N4S/c20-19(21,22)15-1-2-18(23-13-15)26-10-8-25(9-11-26)16-3-6-24(7-4-16)17-5-12-27-14-17/h1-2,13,16-17H,3-12,14H2/t17-/m1/s1. The van der Waals surface area contributed by atoms with Crippen molar-refractivity contribution in [2.45, 2.75) is 37.5 Å². The zero-order valence-corrected chi connectivity index (χ0v) is 16.3. The molecule has 4 heterocycles. The minimum atomic E-state index is -4.32. The van der Waals surface area contributed by atoms with Gasteiger partial charge in [-0.25, -0.2) is 4.98 Å². The fourth-order valence-electron chi connectivity index (χ4n) is 4.48. The molecule has 0 amide bonds. The molecule has 0 unspecified atom stereocenters. The molecule has 8 heteroatoms. The monoisotopic (exact) mass is 400 g/mol. The van der Waals surface area contributed by atoms with Gasteiger partial charge in [-0.2, -0.15) is 24.9 Å². The molecule has 0 spiro atoms. The van der Waals surface area contributed by atoms with E-state index < -0.39 is 11.7 Å². The molecular formula is C19H27F3N4S. The Morgan fingerprint density at radius 3 is 2.15 bits per heavy atom. The molecule has 27 heavy (non-hydrogen) atoms. The second-order valence-electron chi connectivity index (χ2n) is 7.71. The van der Waals surface area contributed by atoms with Gasteiger partial charge >= 0.3 is 6.18 Å². The van der Waals surface area contributed by atoms with Crippen LogP contribution in [0.15, 0.2) is 18.3 Å². The predicted octanol–water partition coefficient (Wildman–Crippen LogP) is 3.19. The molecule has 3 aliphatic rings. The number of likely N-dealkylation sites (tertiary alicyclic amines) is 1. The van der Waals surface area contributed by atoms with Gasteiger partial charge in [-0.3, -0.25) is 9.80 Å². The summed E-state index contributed by atoms with van der Waals surface area (Å²) in [4.78, 5) is 11.4. The highest BCUT2D eigenvalue weighted by Gasteiger charge is 2.33. The summed E-state index contributed by atoms with van der Waals surface area (Å²) in [7, 11) is 0. The molecular weight excluding hydrogens is 373 g/mol. The third kappa shape index (κ3) is 4.54. The van der Waals surface area contributed by atoms with Gasteiger partial charge in [0.1, 0.15) is 5.82 Å². The van der Waals surface area contributed by atoms with E-state index in [1.165, 1.54) is 49.9 Å². The molecule has 3 aliphatic heterocycles. The molecule has 1 atom stereocenters. The normalized spacial score (nSPS) is 26.6. The lowest BCUT2D eigenvalue weighted by Crippen LogP contribution is -2.54. The van der Waals surface area contributed by atoms with Crippen LogP contribution in [0.1, 0.15) is 24.8 Å². The Morgan fingerprint density at radius 1 is 0.889 bits per heavy atom. The van der Waals surface area contributed by atoms with E-state index in [0.717, 1.165) is 44.5 Å². The van der Waals surface area contributed by atoms with Crippen LogP contribution in [0.2, 0.25) is 0 Å². The van der Waals surface area contributed by atoms with Crippen LogP contribution >= 0.6 is 11.8 Å². The molecule has 0 aliphatic carbocycles. The van der Waals surface area contributed by atoms with Crippen molar-refractivity contribution in [3.63, 3.8) is 0 Å². The quantitative estimate of drug-likeness (QED) is 0.775. The van der Waals surface area contributed by atoms with Gasteiger partial charge in [0.2, 0.25) is 0 Å². The number of pyridine rings is 1. The van der Waals surface area contributed by atoms with Crippen LogP contribution in [0.3, 0.4) is 0 Å². The van der Waals surface area contributed by atoms with Crippen molar-refractivity contribution in [3.8, 4) is 0 Å². The number of hydrogen-bond donors (Lipinski definition) is 0. The minimum Gasteiger partial charge on any atom is -0.354 e. The summed E-state index contributed by atoms with van der Waals surface area (Å²) in [5, 5.41) is 0. The highest BCUT2D eigenvalue weighted by atomic mass is 32.2. The predicted molar refractivity (Wildman–Crippen MR) is 103 cm³/mol. The van der Waals surface area contributed by atoms with Gasteiger partial charge in [-0.15, -0.1) is 0 Å². The Kier molecular flexibility index (Phi) is 5.85. The van der Waals surface area contributed by atoms with Crippen molar-refractivity contribution in [1.29, 1.82) is 0 Å². The van der Waals surface area contributed by atoms with Crippen LogP contribution < -0.4 is 4.90 Å². The summed E-state index contributed by atoms with van der Waals surface area (Å²) in [5.74, 6) is 3.25. The summed E-state index contributed by atoms with van der Waals surface area (Å²) in [5.41, 5.74) is -0.683. The number of nitrogens with zero attached hydrogens (tertiary/aromatic N) is 4. The van der Waals surface area contributed by atoms with Gasteiger partial charge in [0, 0.05) is 50.2 Å². The number of piperidine rings is 1. The fraction of sp³-hybridized carbons (Fsp3) is 0.737. The molecule has 0 saturated carbocycles. The van der Waals surface area contributed by atoms with E-state index in [1.807, 2.05) is 0 Å². The maximum absolute atomic E-state index is 12.7. The molecule has 1 aromatic heterocycles. The van der Waals surface area contributed by atoms with E-state index in [1.54, 1.807) is 0 Å². The van der Waals surface area contributed by atoms with E-state index in [-0.39, 0.29) is 0 Å². The Morgan fingerprint density at radius 2 is 1.59 bits per heavy atom. The molecule has 0 radical (unpaired) electrons. The molecule has 150 valence electrons. The second-order valence-corrected chi connectivity index (χ2v) is 8.86. The third-order valence-electron chi connectivity index (χ3n) is 6.15. The van der Waals surface area contributed by atoms with E-state index >= 15 is 0 Å². The zero-order valence-electron chi connectivity index (χ0n) is 15.5. The number of rotatable bonds is 3. The summed E-state index contributed by atoms with van der Waals surface area (Å²) in [6, 6.07) is 4.07. The number of piperazine rings is 1. The first-order chi connectivity index (χ1) is 13.0. The van der Waals surface area contributed by atoms with Crippen molar-refractivity contribution in [3.05, 3.63) is 23.9 Å². The van der Waals surface area contributed by atoms with E-state index in [9.17, 15) is 13.2 Å². The van der Waals surface area contributed by atoms with Gasteiger partial charge in [0.05, 0.1) is 5.56 Å². The van der Waals surface area contributed by atoms with Gasteiger partial charge in [-0.1, -0.05) is 0 Å². The molecule has 4 rings (SSSR count). The summed E-state index contributed by atoms with van der Waals surface area (Å²) in [6.07, 6.45) is 0.433.